The van der Waals surface area contributed by atoms with Crippen molar-refractivity contribution in [2.24, 2.45) is 17.8 Å². The molecule has 0 aromatic carbocycles. The fourth-order valence-electron chi connectivity index (χ4n) is 3.36. The Morgan fingerprint density at radius 1 is 0.938 bits per heavy atom. The zero-order valence-electron chi connectivity index (χ0n) is 9.84. The lowest BCUT2D eigenvalue weighted by atomic mass is 9.70. The maximum atomic E-state index is 14.0. The molecular formula is C13H21ClF2. The van der Waals surface area contributed by atoms with Crippen molar-refractivity contribution in [1.29, 1.82) is 0 Å². The Labute approximate surface area is 102 Å². The molecule has 0 saturated heterocycles. The first-order valence-corrected chi connectivity index (χ1v) is 6.93. The van der Waals surface area contributed by atoms with Crippen LogP contribution in [-0.2, 0) is 0 Å². The lowest BCUT2D eigenvalue weighted by Gasteiger charge is -2.39. The smallest absolute Gasteiger partial charge is 0.117 e. The van der Waals surface area contributed by atoms with Crippen LogP contribution in [0.2, 0.25) is 0 Å². The number of rotatable bonds is 1. The van der Waals surface area contributed by atoms with Gasteiger partial charge in [0, 0.05) is 0 Å². The molecular weight excluding hydrogens is 230 g/mol. The van der Waals surface area contributed by atoms with Gasteiger partial charge in [0.15, 0.2) is 0 Å². The summed E-state index contributed by atoms with van der Waals surface area (Å²) in [6.07, 6.45) is 3.17. The van der Waals surface area contributed by atoms with Crippen molar-refractivity contribution in [3.63, 3.8) is 0 Å². The first-order valence-electron chi connectivity index (χ1n) is 6.50. The monoisotopic (exact) mass is 250 g/mol. The van der Waals surface area contributed by atoms with E-state index in [0.717, 1.165) is 19.3 Å². The van der Waals surface area contributed by atoms with Gasteiger partial charge in [0.1, 0.15) is 12.3 Å². The van der Waals surface area contributed by atoms with E-state index in [1.807, 2.05) is 0 Å². The van der Waals surface area contributed by atoms with Crippen LogP contribution in [0, 0.1) is 17.8 Å². The Morgan fingerprint density at radius 2 is 1.69 bits per heavy atom. The third-order valence-corrected chi connectivity index (χ3v) is 4.92. The van der Waals surface area contributed by atoms with Crippen LogP contribution in [0.15, 0.2) is 0 Å². The molecule has 2 rings (SSSR count). The molecule has 16 heavy (non-hydrogen) atoms. The minimum absolute atomic E-state index is 0.0959. The number of hydrogen-bond donors (Lipinski definition) is 0. The number of hydrogen-bond acceptors (Lipinski definition) is 0. The van der Waals surface area contributed by atoms with E-state index in [1.165, 1.54) is 0 Å². The van der Waals surface area contributed by atoms with Crippen LogP contribution in [0.3, 0.4) is 0 Å². The summed E-state index contributed by atoms with van der Waals surface area (Å²) >= 11 is 5.86. The average molecular weight is 251 g/mol. The summed E-state index contributed by atoms with van der Waals surface area (Å²) in [6, 6.07) is 0. The van der Waals surface area contributed by atoms with E-state index in [4.69, 9.17) is 11.6 Å². The second-order valence-electron chi connectivity index (χ2n) is 5.70. The molecule has 2 aliphatic rings. The van der Waals surface area contributed by atoms with Gasteiger partial charge in [-0.2, -0.15) is 0 Å². The molecule has 2 saturated carbocycles. The van der Waals surface area contributed by atoms with E-state index < -0.39 is 12.3 Å². The van der Waals surface area contributed by atoms with E-state index in [2.05, 4.69) is 6.92 Å². The summed E-state index contributed by atoms with van der Waals surface area (Å²) in [4.78, 5) is 0. The lowest BCUT2D eigenvalue weighted by Crippen LogP contribution is -2.37. The van der Waals surface area contributed by atoms with Crippen LogP contribution < -0.4 is 0 Å². The molecule has 0 radical (unpaired) electrons. The Hall–Kier alpha value is 0.150. The maximum absolute atomic E-state index is 14.0. The number of halogens is 3. The van der Waals surface area contributed by atoms with Crippen molar-refractivity contribution < 1.29 is 8.78 Å². The van der Waals surface area contributed by atoms with Crippen LogP contribution in [0.5, 0.6) is 0 Å². The summed E-state index contributed by atoms with van der Waals surface area (Å²) < 4.78 is 27.5. The predicted molar refractivity (Wildman–Crippen MR) is 63.3 cm³/mol. The van der Waals surface area contributed by atoms with Gasteiger partial charge in [0.25, 0.3) is 0 Å². The maximum Gasteiger partial charge on any atom is 0.117 e. The van der Waals surface area contributed by atoms with Crippen molar-refractivity contribution in [2.75, 3.05) is 0 Å². The normalized spacial score (nSPS) is 50.2. The zero-order chi connectivity index (χ0) is 11.7. The SMILES string of the molecule is CC1CCC(C2CCC(Cl)C(F)C2)C(F)C1. The first kappa shape index (κ1) is 12.6. The second-order valence-corrected chi connectivity index (χ2v) is 6.26. The average Bonchev–Trinajstić information content (AvgIpc) is 2.22. The molecule has 3 heteroatoms. The van der Waals surface area contributed by atoms with Crippen LogP contribution in [0.1, 0.15) is 45.4 Å². The largest absolute Gasteiger partial charge is 0.247 e. The van der Waals surface area contributed by atoms with Gasteiger partial charge in [-0.05, 0) is 49.9 Å². The molecule has 0 aliphatic heterocycles. The molecule has 0 aromatic heterocycles. The summed E-state index contributed by atoms with van der Waals surface area (Å²) in [5.41, 5.74) is 0. The standard InChI is InChI=1S/C13H21ClF2/c1-8-2-4-10(12(15)6-8)9-3-5-11(14)13(16)7-9/h8-13H,2-7H2,1H3. The molecule has 0 heterocycles. The molecule has 2 aliphatic carbocycles. The van der Waals surface area contributed by atoms with Crippen molar-refractivity contribution in [1.82, 2.24) is 0 Å². The van der Waals surface area contributed by atoms with Crippen molar-refractivity contribution in [2.45, 2.75) is 63.2 Å². The lowest BCUT2D eigenvalue weighted by molar-refractivity contribution is 0.0531. The molecule has 0 bridgehead atoms. The fraction of sp³-hybridized carbons (Fsp3) is 1.00. The summed E-state index contributed by atoms with van der Waals surface area (Å²) in [5.74, 6) is 0.822. The van der Waals surface area contributed by atoms with Gasteiger partial charge in [-0.15, -0.1) is 11.6 Å². The topological polar surface area (TPSA) is 0 Å². The zero-order valence-corrected chi connectivity index (χ0v) is 10.6. The highest BCUT2D eigenvalue weighted by atomic mass is 35.5. The third kappa shape index (κ3) is 2.69. The number of alkyl halides is 3. The molecule has 6 atom stereocenters. The van der Waals surface area contributed by atoms with Gasteiger partial charge in [-0.3, -0.25) is 0 Å². The predicted octanol–water partition coefficient (Wildman–Crippen LogP) is 4.51. The molecule has 2 fully saturated rings. The van der Waals surface area contributed by atoms with Gasteiger partial charge < -0.3 is 0 Å². The summed E-state index contributed by atoms with van der Waals surface area (Å²) in [5, 5.41) is -0.336. The highest BCUT2D eigenvalue weighted by Gasteiger charge is 2.39. The van der Waals surface area contributed by atoms with Gasteiger partial charge in [0.2, 0.25) is 0 Å². The molecule has 0 nitrogen and oxygen atoms in total. The van der Waals surface area contributed by atoms with Gasteiger partial charge in [-0.25, -0.2) is 8.78 Å². The molecule has 94 valence electrons. The fourth-order valence-corrected chi connectivity index (χ4v) is 3.59. The van der Waals surface area contributed by atoms with Crippen LogP contribution >= 0.6 is 11.6 Å². The third-order valence-electron chi connectivity index (χ3n) is 4.42. The summed E-state index contributed by atoms with van der Waals surface area (Å²) in [6.45, 7) is 2.11. The minimum Gasteiger partial charge on any atom is -0.247 e. The van der Waals surface area contributed by atoms with E-state index in [-0.39, 0.29) is 17.2 Å². The van der Waals surface area contributed by atoms with Crippen LogP contribution in [0.25, 0.3) is 0 Å². The van der Waals surface area contributed by atoms with Crippen molar-refractivity contribution in [3.8, 4) is 0 Å². The molecule has 0 N–H and O–H groups in total. The Kier molecular flexibility index (Phi) is 4.10. The van der Waals surface area contributed by atoms with Crippen LogP contribution in [0.4, 0.5) is 8.78 Å². The Morgan fingerprint density at radius 3 is 2.31 bits per heavy atom. The van der Waals surface area contributed by atoms with Crippen LogP contribution in [-0.4, -0.2) is 17.7 Å². The summed E-state index contributed by atoms with van der Waals surface area (Å²) in [7, 11) is 0. The Bertz CT molecular complexity index is 234. The van der Waals surface area contributed by atoms with Gasteiger partial charge >= 0.3 is 0 Å². The molecule has 0 amide bonds. The highest BCUT2D eigenvalue weighted by Crippen LogP contribution is 2.42. The molecule has 6 unspecified atom stereocenters. The second kappa shape index (κ2) is 5.20. The molecule has 0 aromatic rings. The van der Waals surface area contributed by atoms with Gasteiger partial charge in [0.05, 0.1) is 5.38 Å². The van der Waals surface area contributed by atoms with E-state index in [0.29, 0.717) is 25.2 Å². The first-order chi connectivity index (χ1) is 7.58. The Balaban J connectivity index is 1.92. The van der Waals surface area contributed by atoms with Gasteiger partial charge in [-0.1, -0.05) is 13.3 Å². The highest BCUT2D eigenvalue weighted by molar-refractivity contribution is 6.21. The van der Waals surface area contributed by atoms with E-state index in [9.17, 15) is 8.78 Å². The quantitative estimate of drug-likeness (QED) is 0.601. The van der Waals surface area contributed by atoms with E-state index >= 15 is 0 Å². The van der Waals surface area contributed by atoms with Crippen molar-refractivity contribution >= 4 is 11.6 Å². The van der Waals surface area contributed by atoms with Crippen molar-refractivity contribution in [3.05, 3.63) is 0 Å². The van der Waals surface area contributed by atoms with E-state index in [1.54, 1.807) is 0 Å². The minimum atomic E-state index is -0.924. The molecule has 0 spiro atoms.